The van der Waals surface area contributed by atoms with E-state index < -0.39 is 26.8 Å². The van der Waals surface area contributed by atoms with Crippen molar-refractivity contribution in [2.75, 3.05) is 12.4 Å². The molecule has 12 heavy (non-hydrogen) atoms. The van der Waals surface area contributed by atoms with Crippen molar-refractivity contribution < 1.29 is 17.9 Å². The third-order valence-electron chi connectivity index (χ3n) is 0.968. The molecule has 7 heteroatoms. The summed E-state index contributed by atoms with van der Waals surface area (Å²) in [6.45, 7) is 1.76. The standard InChI is InChI=1S/C5H10ClNO4S/c1-2-11-5(8)4(7)3-12(6,9)10/h4H,2-3,7H2,1H3. The van der Waals surface area contributed by atoms with Crippen LogP contribution in [0.2, 0.25) is 0 Å². The Bertz CT molecular complexity index is 250. The first kappa shape index (κ1) is 11.7. The molecule has 0 aliphatic heterocycles. The average Bonchev–Trinajstić information content (AvgIpc) is 1.84. The van der Waals surface area contributed by atoms with Gasteiger partial charge in [-0.05, 0) is 6.92 Å². The zero-order valence-corrected chi connectivity index (χ0v) is 8.06. The van der Waals surface area contributed by atoms with E-state index in [1.807, 2.05) is 0 Å². The third kappa shape index (κ3) is 5.34. The molecule has 0 aliphatic carbocycles. The van der Waals surface area contributed by atoms with Crippen LogP contribution in [0.3, 0.4) is 0 Å². The maximum atomic E-state index is 10.8. The number of nitrogens with two attached hydrogens (primary N) is 1. The van der Waals surface area contributed by atoms with Gasteiger partial charge in [0.1, 0.15) is 6.04 Å². The molecule has 0 saturated heterocycles. The van der Waals surface area contributed by atoms with Gasteiger partial charge in [0.25, 0.3) is 0 Å². The highest BCUT2D eigenvalue weighted by Crippen LogP contribution is 1.99. The van der Waals surface area contributed by atoms with Crippen LogP contribution in [0.4, 0.5) is 0 Å². The van der Waals surface area contributed by atoms with E-state index in [9.17, 15) is 13.2 Å². The van der Waals surface area contributed by atoms with Crippen molar-refractivity contribution in [3.63, 3.8) is 0 Å². The quantitative estimate of drug-likeness (QED) is 0.502. The number of halogens is 1. The van der Waals surface area contributed by atoms with Gasteiger partial charge in [-0.15, -0.1) is 0 Å². The maximum Gasteiger partial charge on any atom is 0.324 e. The summed E-state index contributed by atoms with van der Waals surface area (Å²) in [5.74, 6) is -1.37. The minimum atomic E-state index is -3.74. The van der Waals surface area contributed by atoms with E-state index >= 15 is 0 Å². The van der Waals surface area contributed by atoms with Crippen molar-refractivity contribution in [3.8, 4) is 0 Å². The summed E-state index contributed by atoms with van der Waals surface area (Å²) in [5.41, 5.74) is 5.15. The Balaban J connectivity index is 4.05. The Morgan fingerprint density at radius 2 is 2.17 bits per heavy atom. The maximum absolute atomic E-state index is 10.8. The van der Waals surface area contributed by atoms with Crippen LogP contribution in [0.1, 0.15) is 6.92 Å². The van der Waals surface area contributed by atoms with Crippen LogP contribution >= 0.6 is 10.7 Å². The molecule has 0 spiro atoms. The summed E-state index contributed by atoms with van der Waals surface area (Å²) in [5, 5.41) is 0. The number of hydrogen-bond acceptors (Lipinski definition) is 5. The summed E-state index contributed by atoms with van der Waals surface area (Å²) < 4.78 is 25.3. The summed E-state index contributed by atoms with van der Waals surface area (Å²) in [6, 6.07) is -1.20. The molecule has 5 nitrogen and oxygen atoms in total. The van der Waals surface area contributed by atoms with Crippen LogP contribution in [-0.2, 0) is 18.6 Å². The Hall–Kier alpha value is -0.330. The second kappa shape index (κ2) is 4.64. The summed E-state index contributed by atoms with van der Waals surface area (Å²) in [6.07, 6.45) is 0. The number of rotatable bonds is 4. The van der Waals surface area contributed by atoms with Gasteiger partial charge in [-0.25, -0.2) is 8.42 Å². The second-order valence-electron chi connectivity index (χ2n) is 2.06. The number of hydrogen-bond donors (Lipinski definition) is 1. The monoisotopic (exact) mass is 215 g/mol. The highest BCUT2D eigenvalue weighted by molar-refractivity contribution is 8.13. The van der Waals surface area contributed by atoms with E-state index in [1.54, 1.807) is 6.92 Å². The molecule has 0 aromatic carbocycles. The average molecular weight is 216 g/mol. The molecular weight excluding hydrogens is 206 g/mol. The van der Waals surface area contributed by atoms with Gasteiger partial charge in [0.2, 0.25) is 9.05 Å². The van der Waals surface area contributed by atoms with E-state index in [0.717, 1.165) is 0 Å². The normalized spacial score (nSPS) is 13.9. The van der Waals surface area contributed by atoms with Crippen molar-refractivity contribution >= 4 is 25.7 Å². The van der Waals surface area contributed by atoms with E-state index in [1.165, 1.54) is 0 Å². The van der Waals surface area contributed by atoms with Crippen LogP contribution in [0.25, 0.3) is 0 Å². The zero-order valence-electron chi connectivity index (χ0n) is 6.49. The molecule has 2 N–H and O–H groups in total. The lowest BCUT2D eigenvalue weighted by Gasteiger charge is -2.07. The Labute approximate surface area is 75.2 Å². The lowest BCUT2D eigenvalue weighted by molar-refractivity contribution is -0.144. The van der Waals surface area contributed by atoms with Gasteiger partial charge in [-0.3, -0.25) is 4.79 Å². The first-order chi connectivity index (χ1) is 5.37. The van der Waals surface area contributed by atoms with Gasteiger partial charge in [0.05, 0.1) is 12.4 Å². The smallest absolute Gasteiger partial charge is 0.324 e. The molecule has 1 atom stereocenters. The van der Waals surface area contributed by atoms with E-state index in [-0.39, 0.29) is 6.61 Å². The highest BCUT2D eigenvalue weighted by Gasteiger charge is 2.20. The fourth-order valence-electron chi connectivity index (χ4n) is 0.532. The van der Waals surface area contributed by atoms with Gasteiger partial charge < -0.3 is 10.5 Å². The SMILES string of the molecule is CCOC(=O)C(N)CS(=O)(=O)Cl. The lowest BCUT2D eigenvalue weighted by Crippen LogP contribution is -2.37. The summed E-state index contributed by atoms with van der Waals surface area (Å²) in [7, 11) is 1.12. The van der Waals surface area contributed by atoms with Crippen LogP contribution in [0.15, 0.2) is 0 Å². The lowest BCUT2D eigenvalue weighted by atomic mass is 10.4. The van der Waals surface area contributed by atoms with Crippen molar-refractivity contribution in [2.24, 2.45) is 5.73 Å². The Morgan fingerprint density at radius 3 is 2.50 bits per heavy atom. The molecule has 0 radical (unpaired) electrons. The third-order valence-corrected chi connectivity index (χ3v) is 2.10. The largest absolute Gasteiger partial charge is 0.465 e. The van der Waals surface area contributed by atoms with Crippen LogP contribution in [-0.4, -0.2) is 32.8 Å². The topological polar surface area (TPSA) is 86.5 Å². The Kier molecular flexibility index (Phi) is 4.51. The van der Waals surface area contributed by atoms with Gasteiger partial charge in [0.15, 0.2) is 0 Å². The molecular formula is C5H10ClNO4S. The minimum Gasteiger partial charge on any atom is -0.465 e. The van der Waals surface area contributed by atoms with Gasteiger partial charge in [-0.1, -0.05) is 0 Å². The molecule has 0 amide bonds. The van der Waals surface area contributed by atoms with E-state index in [2.05, 4.69) is 4.74 Å². The van der Waals surface area contributed by atoms with E-state index in [0.29, 0.717) is 0 Å². The first-order valence-electron chi connectivity index (χ1n) is 3.21. The number of carbonyl (C=O) groups is 1. The molecule has 0 aromatic heterocycles. The van der Waals surface area contributed by atoms with Crippen LogP contribution in [0.5, 0.6) is 0 Å². The van der Waals surface area contributed by atoms with Crippen LogP contribution in [0, 0.1) is 0 Å². The molecule has 0 aliphatic rings. The van der Waals surface area contributed by atoms with Crippen molar-refractivity contribution in [3.05, 3.63) is 0 Å². The molecule has 0 saturated carbocycles. The van der Waals surface area contributed by atoms with E-state index in [4.69, 9.17) is 16.4 Å². The molecule has 0 heterocycles. The highest BCUT2D eigenvalue weighted by atomic mass is 35.7. The zero-order chi connectivity index (χ0) is 9.78. The fourth-order valence-corrected chi connectivity index (χ4v) is 1.50. The first-order valence-corrected chi connectivity index (χ1v) is 5.69. The van der Waals surface area contributed by atoms with Crippen molar-refractivity contribution in [1.29, 1.82) is 0 Å². The number of ether oxygens (including phenoxy) is 1. The van der Waals surface area contributed by atoms with Gasteiger partial charge >= 0.3 is 5.97 Å². The molecule has 0 bridgehead atoms. The second-order valence-corrected chi connectivity index (χ2v) is 4.89. The molecule has 72 valence electrons. The Morgan fingerprint density at radius 1 is 1.67 bits per heavy atom. The molecule has 1 unspecified atom stereocenters. The fraction of sp³-hybridized carbons (Fsp3) is 0.800. The number of esters is 1. The van der Waals surface area contributed by atoms with Crippen molar-refractivity contribution in [2.45, 2.75) is 13.0 Å². The van der Waals surface area contributed by atoms with Gasteiger partial charge in [-0.2, -0.15) is 0 Å². The van der Waals surface area contributed by atoms with Gasteiger partial charge in [0, 0.05) is 10.7 Å². The molecule has 0 fully saturated rings. The predicted molar refractivity (Wildman–Crippen MR) is 44.2 cm³/mol. The summed E-state index contributed by atoms with van der Waals surface area (Å²) >= 11 is 0. The predicted octanol–water partition coefficient (Wildman–Crippen LogP) is -0.555. The molecule has 0 aromatic rings. The molecule has 0 rings (SSSR count). The number of carbonyl (C=O) groups excluding carboxylic acids is 1. The van der Waals surface area contributed by atoms with Crippen molar-refractivity contribution in [1.82, 2.24) is 0 Å². The minimum absolute atomic E-state index is 0.162. The van der Waals surface area contributed by atoms with Crippen LogP contribution < -0.4 is 5.73 Å². The summed E-state index contributed by atoms with van der Waals surface area (Å²) in [4.78, 5) is 10.8.